The number of halogens is 3. The summed E-state index contributed by atoms with van der Waals surface area (Å²) in [6, 6.07) is 13.1. The van der Waals surface area contributed by atoms with Crippen molar-refractivity contribution in [3.63, 3.8) is 0 Å². The lowest BCUT2D eigenvalue weighted by Crippen LogP contribution is -2.54. The van der Waals surface area contributed by atoms with Crippen molar-refractivity contribution in [1.82, 2.24) is 5.32 Å². The van der Waals surface area contributed by atoms with E-state index in [4.69, 9.17) is 44.3 Å². The minimum Gasteiger partial charge on any atom is -0.493 e. The first-order chi connectivity index (χ1) is 18.6. The average Bonchev–Trinajstić information content (AvgIpc) is 2.88. The number of aryl methyl sites for hydroxylation is 1. The van der Waals surface area contributed by atoms with Crippen LogP contribution >= 0.6 is 34.8 Å². The molecular formula is C27H20Cl3N3O6. The van der Waals surface area contributed by atoms with E-state index in [1.165, 1.54) is 49.6 Å². The highest BCUT2D eigenvalue weighted by Crippen LogP contribution is 2.37. The number of nitrogens with one attached hydrogen (secondary N) is 2. The van der Waals surface area contributed by atoms with Crippen LogP contribution in [0.15, 0.2) is 60.2 Å². The number of carbonyl (C=O) groups excluding carboxylic acids is 4. The van der Waals surface area contributed by atoms with E-state index in [1.54, 1.807) is 18.2 Å². The smallest absolute Gasteiger partial charge is 0.335 e. The van der Waals surface area contributed by atoms with E-state index >= 15 is 0 Å². The Bertz CT molecular complexity index is 1520. The van der Waals surface area contributed by atoms with Crippen molar-refractivity contribution in [1.29, 1.82) is 0 Å². The third-order valence-corrected chi connectivity index (χ3v) is 6.49. The molecule has 0 unspecified atom stereocenters. The Morgan fingerprint density at radius 1 is 1.00 bits per heavy atom. The Balaban J connectivity index is 1.54. The topological polar surface area (TPSA) is 114 Å². The van der Waals surface area contributed by atoms with Crippen molar-refractivity contribution < 1.29 is 28.7 Å². The van der Waals surface area contributed by atoms with Gasteiger partial charge in [0.1, 0.15) is 5.57 Å². The summed E-state index contributed by atoms with van der Waals surface area (Å²) in [7, 11) is 1.36. The number of methoxy groups -OCH3 is 1. The summed E-state index contributed by atoms with van der Waals surface area (Å²) in [6.45, 7) is 1.46. The zero-order chi connectivity index (χ0) is 28.3. The molecule has 0 bridgehead atoms. The van der Waals surface area contributed by atoms with Crippen LogP contribution in [0.4, 0.5) is 16.2 Å². The van der Waals surface area contributed by atoms with Gasteiger partial charge in [-0.25, -0.2) is 9.69 Å². The van der Waals surface area contributed by atoms with Gasteiger partial charge in [-0.2, -0.15) is 0 Å². The molecule has 12 heteroatoms. The summed E-state index contributed by atoms with van der Waals surface area (Å²) < 4.78 is 11.0. The highest BCUT2D eigenvalue weighted by atomic mass is 35.5. The Hall–Kier alpha value is -4.05. The molecule has 0 aliphatic carbocycles. The van der Waals surface area contributed by atoms with Gasteiger partial charge >= 0.3 is 6.03 Å². The predicted molar refractivity (Wildman–Crippen MR) is 149 cm³/mol. The number of benzene rings is 3. The molecule has 0 atom stereocenters. The van der Waals surface area contributed by atoms with Gasteiger partial charge in [0.25, 0.3) is 17.7 Å². The minimum absolute atomic E-state index is 0.0571. The summed E-state index contributed by atoms with van der Waals surface area (Å²) in [5.74, 6) is -1.95. The highest BCUT2D eigenvalue weighted by molar-refractivity contribution is 6.39. The van der Waals surface area contributed by atoms with E-state index in [0.29, 0.717) is 21.3 Å². The van der Waals surface area contributed by atoms with Crippen LogP contribution in [-0.4, -0.2) is 37.5 Å². The van der Waals surface area contributed by atoms with Crippen molar-refractivity contribution in [2.24, 2.45) is 0 Å². The second-order valence-electron chi connectivity index (χ2n) is 8.27. The van der Waals surface area contributed by atoms with Crippen LogP contribution in [0.1, 0.15) is 11.1 Å². The molecule has 4 rings (SSSR count). The molecule has 200 valence electrons. The number of anilines is 2. The van der Waals surface area contributed by atoms with Crippen LogP contribution in [0.2, 0.25) is 15.1 Å². The van der Waals surface area contributed by atoms with Crippen molar-refractivity contribution in [2.75, 3.05) is 23.9 Å². The number of hydrogen-bond donors (Lipinski definition) is 2. The molecule has 9 nitrogen and oxygen atoms in total. The van der Waals surface area contributed by atoms with Crippen LogP contribution in [0.5, 0.6) is 11.5 Å². The maximum atomic E-state index is 13.1. The van der Waals surface area contributed by atoms with Gasteiger partial charge in [-0.3, -0.25) is 19.7 Å². The Morgan fingerprint density at radius 3 is 2.38 bits per heavy atom. The van der Waals surface area contributed by atoms with Gasteiger partial charge in [0.15, 0.2) is 18.1 Å². The molecule has 1 saturated heterocycles. The molecule has 0 spiro atoms. The van der Waals surface area contributed by atoms with Gasteiger partial charge in [-0.05, 0) is 72.7 Å². The zero-order valence-electron chi connectivity index (χ0n) is 20.5. The third kappa shape index (κ3) is 6.34. The lowest BCUT2D eigenvalue weighted by atomic mass is 10.1. The summed E-state index contributed by atoms with van der Waals surface area (Å²) in [6.07, 6.45) is 1.26. The second-order valence-corrected chi connectivity index (χ2v) is 9.52. The normalized spacial score (nSPS) is 14.3. The number of amides is 5. The average molecular weight is 589 g/mol. The van der Waals surface area contributed by atoms with Crippen LogP contribution in [0.3, 0.4) is 0 Å². The third-order valence-electron chi connectivity index (χ3n) is 5.55. The van der Waals surface area contributed by atoms with E-state index in [2.05, 4.69) is 10.6 Å². The van der Waals surface area contributed by atoms with Gasteiger partial charge in [0, 0.05) is 15.7 Å². The molecule has 0 aromatic heterocycles. The SMILES string of the molecule is COc1cc(/C=C2/C(=O)NC(=O)N(c3ccc(Cl)cc3)C2=O)cc(Cl)c1OCC(=O)Nc1ccc(C)c(Cl)c1. The standard InChI is InChI=1S/C27H20Cl3N3O6/c1-14-3-6-17(12-20(14)29)31-23(34)13-39-24-21(30)10-15(11-22(24)38-2)9-19-25(35)32-27(37)33(26(19)36)18-7-4-16(28)5-8-18/h3-12H,13H2,1-2H3,(H,31,34)(H,32,35,37)/b19-9-. The first-order valence-corrected chi connectivity index (χ1v) is 12.4. The first kappa shape index (κ1) is 28.0. The molecule has 3 aromatic rings. The number of rotatable bonds is 7. The van der Waals surface area contributed by atoms with E-state index in [-0.39, 0.29) is 34.4 Å². The summed E-state index contributed by atoms with van der Waals surface area (Å²) >= 11 is 18.4. The van der Waals surface area contributed by atoms with Crippen LogP contribution in [-0.2, 0) is 14.4 Å². The Kier molecular flexibility index (Phi) is 8.44. The van der Waals surface area contributed by atoms with E-state index in [9.17, 15) is 19.2 Å². The van der Waals surface area contributed by atoms with Gasteiger partial charge in [0.2, 0.25) is 0 Å². The van der Waals surface area contributed by atoms with Crippen LogP contribution < -0.4 is 25.0 Å². The van der Waals surface area contributed by atoms with E-state index in [0.717, 1.165) is 10.5 Å². The predicted octanol–water partition coefficient (Wildman–Crippen LogP) is 5.65. The highest BCUT2D eigenvalue weighted by Gasteiger charge is 2.36. The fourth-order valence-electron chi connectivity index (χ4n) is 3.62. The lowest BCUT2D eigenvalue weighted by Gasteiger charge is -2.26. The van der Waals surface area contributed by atoms with Crippen molar-refractivity contribution in [3.05, 3.63) is 86.4 Å². The Labute approximate surface area is 238 Å². The van der Waals surface area contributed by atoms with E-state index in [1.807, 2.05) is 6.92 Å². The molecule has 1 aliphatic heterocycles. The van der Waals surface area contributed by atoms with Gasteiger partial charge in [0.05, 0.1) is 17.8 Å². The molecule has 5 amide bonds. The number of carbonyl (C=O) groups is 4. The molecule has 2 N–H and O–H groups in total. The van der Waals surface area contributed by atoms with Crippen molar-refractivity contribution in [3.8, 4) is 11.5 Å². The van der Waals surface area contributed by atoms with Gasteiger partial charge in [-0.15, -0.1) is 0 Å². The minimum atomic E-state index is -0.894. The van der Waals surface area contributed by atoms with Crippen molar-refractivity contribution >= 4 is 76.0 Å². The number of hydrogen-bond acceptors (Lipinski definition) is 6. The van der Waals surface area contributed by atoms with E-state index < -0.39 is 23.8 Å². The van der Waals surface area contributed by atoms with Gasteiger partial charge < -0.3 is 14.8 Å². The molecule has 3 aromatic carbocycles. The van der Waals surface area contributed by atoms with Crippen LogP contribution in [0.25, 0.3) is 6.08 Å². The molecule has 0 saturated carbocycles. The maximum Gasteiger partial charge on any atom is 0.335 e. The van der Waals surface area contributed by atoms with Crippen LogP contribution in [0, 0.1) is 6.92 Å². The van der Waals surface area contributed by atoms with Gasteiger partial charge in [-0.1, -0.05) is 40.9 Å². The molecule has 1 fully saturated rings. The first-order valence-electron chi connectivity index (χ1n) is 11.3. The summed E-state index contributed by atoms with van der Waals surface area (Å²) in [5.41, 5.74) is 1.60. The molecule has 1 heterocycles. The number of ether oxygens (including phenoxy) is 2. The fourth-order valence-corrected chi connectivity index (χ4v) is 4.20. The monoisotopic (exact) mass is 587 g/mol. The number of nitrogens with zero attached hydrogens (tertiary/aromatic N) is 1. The largest absolute Gasteiger partial charge is 0.493 e. The quantitative estimate of drug-likeness (QED) is 0.272. The zero-order valence-corrected chi connectivity index (χ0v) is 22.8. The lowest BCUT2D eigenvalue weighted by molar-refractivity contribution is -0.122. The Morgan fingerprint density at radius 2 is 1.72 bits per heavy atom. The summed E-state index contributed by atoms with van der Waals surface area (Å²) in [5, 5.41) is 5.79. The fraction of sp³-hybridized carbons (Fsp3) is 0.111. The molecule has 0 radical (unpaired) electrons. The molecular weight excluding hydrogens is 569 g/mol. The number of urea groups is 1. The molecule has 1 aliphatic rings. The maximum absolute atomic E-state index is 13.1. The summed E-state index contributed by atoms with van der Waals surface area (Å²) in [4.78, 5) is 51.2. The second kappa shape index (κ2) is 11.8. The van der Waals surface area contributed by atoms with Crippen molar-refractivity contribution in [2.45, 2.75) is 6.92 Å². The molecule has 39 heavy (non-hydrogen) atoms. The number of barbiturate groups is 1. The number of imide groups is 2.